The number of aromatic nitrogens is 1. The van der Waals surface area contributed by atoms with E-state index in [1.165, 1.54) is 6.20 Å². The van der Waals surface area contributed by atoms with Gasteiger partial charge >= 0.3 is 0 Å². The molecule has 3 atom stereocenters. The van der Waals surface area contributed by atoms with Gasteiger partial charge in [0.2, 0.25) is 0 Å². The van der Waals surface area contributed by atoms with Crippen molar-refractivity contribution >= 4 is 17.5 Å². The molecule has 0 bridgehead atoms. The fourth-order valence-corrected chi connectivity index (χ4v) is 3.17. The number of carbonyl (C=O) groups excluding carboxylic acids is 1. The van der Waals surface area contributed by atoms with Crippen LogP contribution in [-0.4, -0.2) is 53.7 Å². The Kier molecular flexibility index (Phi) is 3.92. The maximum absolute atomic E-state index is 12.2. The number of ether oxygens (including phenoxy) is 1. The smallest absolute Gasteiger partial charge is 0.253 e. The normalized spacial score (nSPS) is 30.0. The standard InChI is InChI=1S/C14H18ClN3O2/c1-9-6-18-7-10(4-11(18)8-20-9)17-14(19)12-2-3-16-5-13(12)15/h2-3,5,9-11H,4,6-8H2,1H3,(H,17,19)/t9-,10-,11-/m0/s1. The number of nitrogens with one attached hydrogen (secondary N) is 1. The van der Waals surface area contributed by atoms with Crippen molar-refractivity contribution in [1.29, 1.82) is 0 Å². The molecule has 6 heteroatoms. The summed E-state index contributed by atoms with van der Waals surface area (Å²) in [5.74, 6) is -0.129. The second-order valence-electron chi connectivity index (χ2n) is 5.51. The van der Waals surface area contributed by atoms with Crippen LogP contribution in [0.1, 0.15) is 23.7 Å². The molecule has 2 fully saturated rings. The van der Waals surface area contributed by atoms with Crippen LogP contribution in [0.3, 0.4) is 0 Å². The molecule has 0 spiro atoms. The van der Waals surface area contributed by atoms with Gasteiger partial charge in [-0.3, -0.25) is 14.7 Å². The molecule has 2 aliphatic rings. The molecule has 2 aliphatic heterocycles. The predicted molar refractivity (Wildman–Crippen MR) is 75.9 cm³/mol. The number of morpholine rings is 1. The lowest BCUT2D eigenvalue weighted by atomic mass is 10.1. The summed E-state index contributed by atoms with van der Waals surface area (Å²) >= 11 is 5.99. The first-order chi connectivity index (χ1) is 9.63. The lowest BCUT2D eigenvalue weighted by molar-refractivity contribution is -0.0390. The van der Waals surface area contributed by atoms with Gasteiger partial charge in [0.25, 0.3) is 5.91 Å². The van der Waals surface area contributed by atoms with E-state index < -0.39 is 0 Å². The number of rotatable bonds is 2. The van der Waals surface area contributed by atoms with E-state index in [9.17, 15) is 4.79 Å². The van der Waals surface area contributed by atoms with E-state index >= 15 is 0 Å². The van der Waals surface area contributed by atoms with Crippen molar-refractivity contribution < 1.29 is 9.53 Å². The zero-order chi connectivity index (χ0) is 14.1. The highest BCUT2D eigenvalue weighted by molar-refractivity contribution is 6.33. The summed E-state index contributed by atoms with van der Waals surface area (Å²) in [4.78, 5) is 18.5. The fraction of sp³-hybridized carbons (Fsp3) is 0.571. The van der Waals surface area contributed by atoms with Crippen LogP contribution in [-0.2, 0) is 4.74 Å². The number of fused-ring (bicyclic) bond motifs is 1. The lowest BCUT2D eigenvalue weighted by Crippen LogP contribution is -2.45. The molecule has 3 rings (SSSR count). The minimum absolute atomic E-state index is 0.129. The molecule has 0 saturated carbocycles. The average molecular weight is 296 g/mol. The molecule has 1 aromatic heterocycles. The Balaban J connectivity index is 1.62. The molecule has 5 nitrogen and oxygen atoms in total. The van der Waals surface area contributed by atoms with Gasteiger partial charge in [-0.05, 0) is 19.4 Å². The molecule has 108 valence electrons. The largest absolute Gasteiger partial charge is 0.376 e. The van der Waals surface area contributed by atoms with E-state index in [-0.39, 0.29) is 18.1 Å². The molecule has 0 aliphatic carbocycles. The van der Waals surface area contributed by atoms with Crippen molar-refractivity contribution in [2.45, 2.75) is 31.5 Å². The number of hydrogen-bond donors (Lipinski definition) is 1. The molecule has 1 aromatic rings. The Hall–Kier alpha value is -1.17. The van der Waals surface area contributed by atoms with Gasteiger partial charge in [0.05, 0.1) is 23.3 Å². The summed E-state index contributed by atoms with van der Waals surface area (Å²) < 4.78 is 5.67. The Labute approximate surface area is 123 Å². The maximum Gasteiger partial charge on any atom is 0.253 e. The summed E-state index contributed by atoms with van der Waals surface area (Å²) in [7, 11) is 0. The zero-order valence-corrected chi connectivity index (χ0v) is 12.1. The minimum Gasteiger partial charge on any atom is -0.376 e. The van der Waals surface area contributed by atoms with Gasteiger partial charge in [-0.2, -0.15) is 0 Å². The van der Waals surface area contributed by atoms with E-state index in [1.807, 2.05) is 0 Å². The van der Waals surface area contributed by atoms with E-state index in [0.717, 1.165) is 26.1 Å². The number of halogens is 1. The van der Waals surface area contributed by atoms with Gasteiger partial charge in [0, 0.05) is 37.6 Å². The Morgan fingerprint density at radius 3 is 3.20 bits per heavy atom. The predicted octanol–water partition coefficient (Wildman–Crippen LogP) is 1.33. The SMILES string of the molecule is C[C@H]1CN2C[C@@H](NC(=O)c3ccncc3Cl)C[C@H]2CO1. The third kappa shape index (κ3) is 2.80. The quantitative estimate of drug-likeness (QED) is 0.894. The van der Waals surface area contributed by atoms with Crippen molar-refractivity contribution in [2.75, 3.05) is 19.7 Å². The molecule has 0 aromatic carbocycles. The van der Waals surface area contributed by atoms with Crippen LogP contribution in [0, 0.1) is 0 Å². The third-order valence-electron chi connectivity index (χ3n) is 3.94. The first-order valence-corrected chi connectivity index (χ1v) is 7.27. The van der Waals surface area contributed by atoms with E-state index in [1.54, 1.807) is 12.3 Å². The summed E-state index contributed by atoms with van der Waals surface area (Å²) in [6, 6.07) is 2.22. The summed E-state index contributed by atoms with van der Waals surface area (Å²) in [5, 5.41) is 3.45. The van der Waals surface area contributed by atoms with Crippen molar-refractivity contribution in [3.8, 4) is 0 Å². The van der Waals surface area contributed by atoms with Gasteiger partial charge < -0.3 is 10.1 Å². The number of hydrogen-bond acceptors (Lipinski definition) is 4. The molecule has 1 amide bonds. The van der Waals surface area contributed by atoms with Gasteiger partial charge in [0.1, 0.15) is 0 Å². The van der Waals surface area contributed by atoms with Crippen LogP contribution in [0.2, 0.25) is 5.02 Å². The summed E-state index contributed by atoms with van der Waals surface area (Å²) in [5.41, 5.74) is 0.483. The number of amides is 1. The van der Waals surface area contributed by atoms with Crippen LogP contribution < -0.4 is 5.32 Å². The highest BCUT2D eigenvalue weighted by Crippen LogP contribution is 2.23. The Morgan fingerprint density at radius 2 is 2.40 bits per heavy atom. The van der Waals surface area contributed by atoms with Gasteiger partial charge in [0.15, 0.2) is 0 Å². The molecule has 20 heavy (non-hydrogen) atoms. The van der Waals surface area contributed by atoms with Crippen LogP contribution >= 0.6 is 11.6 Å². The average Bonchev–Trinajstić information content (AvgIpc) is 2.80. The molecular formula is C14H18ClN3O2. The third-order valence-corrected chi connectivity index (χ3v) is 4.25. The summed E-state index contributed by atoms with van der Waals surface area (Å²) in [6.07, 6.45) is 4.27. The Bertz CT molecular complexity index is 511. The van der Waals surface area contributed by atoms with Gasteiger partial charge in [-0.15, -0.1) is 0 Å². The Morgan fingerprint density at radius 1 is 1.55 bits per heavy atom. The number of carbonyl (C=O) groups is 1. The minimum atomic E-state index is -0.129. The van der Waals surface area contributed by atoms with Crippen LogP contribution in [0.25, 0.3) is 0 Å². The second-order valence-corrected chi connectivity index (χ2v) is 5.92. The number of nitrogens with zero attached hydrogens (tertiary/aromatic N) is 2. The zero-order valence-electron chi connectivity index (χ0n) is 11.4. The van der Waals surface area contributed by atoms with E-state index in [4.69, 9.17) is 16.3 Å². The lowest BCUT2D eigenvalue weighted by Gasteiger charge is -2.33. The van der Waals surface area contributed by atoms with Gasteiger partial charge in [-0.1, -0.05) is 11.6 Å². The fourth-order valence-electron chi connectivity index (χ4n) is 2.97. The first kappa shape index (κ1) is 13.8. The number of pyridine rings is 1. The second kappa shape index (κ2) is 5.68. The topological polar surface area (TPSA) is 54.5 Å². The van der Waals surface area contributed by atoms with Gasteiger partial charge in [-0.25, -0.2) is 0 Å². The van der Waals surface area contributed by atoms with Crippen LogP contribution in [0.4, 0.5) is 0 Å². The highest BCUT2D eigenvalue weighted by atomic mass is 35.5. The van der Waals surface area contributed by atoms with Crippen LogP contribution in [0.5, 0.6) is 0 Å². The van der Waals surface area contributed by atoms with Crippen LogP contribution in [0.15, 0.2) is 18.5 Å². The van der Waals surface area contributed by atoms with Crippen molar-refractivity contribution in [1.82, 2.24) is 15.2 Å². The van der Waals surface area contributed by atoms with Crippen molar-refractivity contribution in [3.63, 3.8) is 0 Å². The van der Waals surface area contributed by atoms with Crippen molar-refractivity contribution in [2.24, 2.45) is 0 Å². The molecule has 3 heterocycles. The molecule has 1 N–H and O–H groups in total. The summed E-state index contributed by atoms with van der Waals surface area (Å²) in [6.45, 7) is 4.66. The van der Waals surface area contributed by atoms with E-state index in [0.29, 0.717) is 16.6 Å². The molecule has 2 saturated heterocycles. The maximum atomic E-state index is 12.2. The van der Waals surface area contributed by atoms with E-state index in [2.05, 4.69) is 22.1 Å². The first-order valence-electron chi connectivity index (χ1n) is 6.89. The molecule has 0 unspecified atom stereocenters. The monoisotopic (exact) mass is 295 g/mol. The van der Waals surface area contributed by atoms with Crippen molar-refractivity contribution in [3.05, 3.63) is 29.0 Å². The highest BCUT2D eigenvalue weighted by Gasteiger charge is 2.36. The molecule has 0 radical (unpaired) electrons. The molecular weight excluding hydrogens is 278 g/mol.